The van der Waals surface area contributed by atoms with Crippen LogP contribution in [0.1, 0.15) is 12.5 Å². The van der Waals surface area contributed by atoms with E-state index in [0.29, 0.717) is 5.02 Å². The van der Waals surface area contributed by atoms with Crippen LogP contribution in [-0.2, 0) is 20.7 Å². The first-order valence-corrected chi connectivity index (χ1v) is 6.20. The minimum atomic E-state index is -0.803. The van der Waals surface area contributed by atoms with Gasteiger partial charge in [-0.25, -0.2) is 9.59 Å². The molecule has 0 heterocycles. The van der Waals surface area contributed by atoms with Crippen molar-refractivity contribution in [3.8, 4) is 0 Å². The summed E-state index contributed by atoms with van der Waals surface area (Å²) in [5.74, 6) is -0.534. The maximum Gasteiger partial charge on any atom is 0.407 e. The lowest BCUT2D eigenvalue weighted by molar-refractivity contribution is -0.142. The fourth-order valence-corrected chi connectivity index (χ4v) is 1.76. The molecule has 0 aliphatic heterocycles. The van der Waals surface area contributed by atoms with Gasteiger partial charge in [0, 0.05) is 11.4 Å². The predicted octanol–water partition coefficient (Wildman–Crippen LogP) is 2.17. The molecular formula is C13H16ClNO4. The zero-order chi connectivity index (χ0) is 14.3. The molecule has 1 rings (SSSR count). The Bertz CT molecular complexity index is 450. The summed E-state index contributed by atoms with van der Waals surface area (Å²) in [4.78, 5) is 23.0. The van der Waals surface area contributed by atoms with Gasteiger partial charge in [0.25, 0.3) is 0 Å². The molecule has 1 N–H and O–H groups in total. The van der Waals surface area contributed by atoms with Gasteiger partial charge in [-0.15, -0.1) is 0 Å². The van der Waals surface area contributed by atoms with Crippen LogP contribution in [0, 0.1) is 0 Å². The molecule has 1 aromatic rings. The van der Waals surface area contributed by atoms with Gasteiger partial charge in [-0.3, -0.25) is 0 Å². The highest BCUT2D eigenvalue weighted by atomic mass is 35.5. The second-order valence-corrected chi connectivity index (χ2v) is 4.21. The zero-order valence-electron chi connectivity index (χ0n) is 10.8. The van der Waals surface area contributed by atoms with Crippen molar-refractivity contribution in [1.82, 2.24) is 5.32 Å². The van der Waals surface area contributed by atoms with E-state index in [2.05, 4.69) is 10.1 Å². The third kappa shape index (κ3) is 5.18. The summed E-state index contributed by atoms with van der Waals surface area (Å²) in [6.07, 6.45) is -0.369. The van der Waals surface area contributed by atoms with E-state index in [1.54, 1.807) is 25.1 Å². The third-order valence-electron chi connectivity index (χ3n) is 2.38. The highest BCUT2D eigenvalue weighted by Gasteiger charge is 2.22. The van der Waals surface area contributed by atoms with Crippen LogP contribution >= 0.6 is 11.6 Å². The number of hydrogen-bond acceptors (Lipinski definition) is 4. The van der Waals surface area contributed by atoms with Crippen LogP contribution < -0.4 is 5.32 Å². The van der Waals surface area contributed by atoms with E-state index >= 15 is 0 Å². The van der Waals surface area contributed by atoms with Crippen LogP contribution in [0.4, 0.5) is 4.79 Å². The monoisotopic (exact) mass is 285 g/mol. The van der Waals surface area contributed by atoms with Gasteiger partial charge in [-0.1, -0.05) is 23.7 Å². The number of benzene rings is 1. The molecule has 1 amide bonds. The molecule has 0 saturated carbocycles. The van der Waals surface area contributed by atoms with Crippen LogP contribution in [0.25, 0.3) is 0 Å². The van der Waals surface area contributed by atoms with Crippen molar-refractivity contribution in [2.75, 3.05) is 13.7 Å². The molecular weight excluding hydrogens is 270 g/mol. The van der Waals surface area contributed by atoms with Gasteiger partial charge in [0.05, 0.1) is 13.7 Å². The van der Waals surface area contributed by atoms with E-state index in [4.69, 9.17) is 16.3 Å². The van der Waals surface area contributed by atoms with Crippen LogP contribution in [0.5, 0.6) is 0 Å². The number of hydrogen-bond donors (Lipinski definition) is 1. The van der Waals surface area contributed by atoms with Gasteiger partial charge in [-0.2, -0.15) is 0 Å². The molecule has 0 radical (unpaired) electrons. The Hall–Kier alpha value is -1.75. The molecule has 6 heteroatoms. The second kappa shape index (κ2) is 7.63. The minimum Gasteiger partial charge on any atom is -0.467 e. The molecule has 5 nitrogen and oxygen atoms in total. The number of rotatable bonds is 5. The first-order chi connectivity index (χ1) is 9.06. The van der Waals surface area contributed by atoms with Gasteiger partial charge in [0.2, 0.25) is 0 Å². The van der Waals surface area contributed by atoms with Crippen molar-refractivity contribution >= 4 is 23.7 Å². The van der Waals surface area contributed by atoms with E-state index in [1.165, 1.54) is 7.11 Å². The fraction of sp³-hybridized carbons (Fsp3) is 0.385. The number of ether oxygens (including phenoxy) is 2. The maximum absolute atomic E-state index is 11.6. The predicted molar refractivity (Wildman–Crippen MR) is 71.1 cm³/mol. The average molecular weight is 286 g/mol. The molecule has 0 unspecified atom stereocenters. The Balaban J connectivity index is 2.74. The number of esters is 1. The van der Waals surface area contributed by atoms with Crippen molar-refractivity contribution in [2.24, 2.45) is 0 Å². The third-order valence-corrected chi connectivity index (χ3v) is 2.62. The number of carbonyl (C=O) groups excluding carboxylic acids is 2. The fourth-order valence-electron chi connectivity index (χ4n) is 1.55. The number of methoxy groups -OCH3 is 1. The summed E-state index contributed by atoms with van der Waals surface area (Å²) >= 11 is 5.87. The van der Waals surface area contributed by atoms with Gasteiger partial charge >= 0.3 is 12.1 Å². The van der Waals surface area contributed by atoms with E-state index in [0.717, 1.165) is 5.56 Å². The first-order valence-electron chi connectivity index (χ1n) is 5.82. The summed E-state index contributed by atoms with van der Waals surface area (Å²) in [5.41, 5.74) is 0.819. The lowest BCUT2D eigenvalue weighted by atomic mass is 10.1. The number of halogens is 1. The smallest absolute Gasteiger partial charge is 0.407 e. The summed E-state index contributed by atoms with van der Waals surface area (Å²) in [7, 11) is 1.26. The van der Waals surface area contributed by atoms with Crippen LogP contribution in [-0.4, -0.2) is 31.8 Å². The Morgan fingerprint density at radius 1 is 1.42 bits per heavy atom. The van der Waals surface area contributed by atoms with Crippen molar-refractivity contribution in [2.45, 2.75) is 19.4 Å². The van der Waals surface area contributed by atoms with E-state index < -0.39 is 18.1 Å². The van der Waals surface area contributed by atoms with Gasteiger partial charge in [0.15, 0.2) is 0 Å². The Morgan fingerprint density at radius 2 is 2.16 bits per heavy atom. The standard InChI is InChI=1S/C13H16ClNO4/c1-3-19-13(17)15-11(12(16)18-2)8-9-5-4-6-10(14)7-9/h4-7,11H,3,8H2,1-2H3,(H,15,17)/t11-/m1/s1. The summed E-state index contributed by atoms with van der Waals surface area (Å²) < 4.78 is 9.40. The molecule has 0 fully saturated rings. The van der Waals surface area contributed by atoms with Gasteiger partial charge in [0.1, 0.15) is 6.04 Å². The van der Waals surface area contributed by atoms with Crippen LogP contribution in [0.15, 0.2) is 24.3 Å². The highest BCUT2D eigenvalue weighted by Crippen LogP contribution is 2.12. The quantitative estimate of drug-likeness (QED) is 0.842. The Labute approximate surface area is 116 Å². The second-order valence-electron chi connectivity index (χ2n) is 3.77. The summed E-state index contributed by atoms with van der Waals surface area (Å²) in [6.45, 7) is 1.92. The largest absolute Gasteiger partial charge is 0.467 e. The van der Waals surface area contributed by atoms with Crippen molar-refractivity contribution < 1.29 is 19.1 Å². The van der Waals surface area contributed by atoms with Gasteiger partial charge < -0.3 is 14.8 Å². The molecule has 0 saturated heterocycles. The summed E-state index contributed by atoms with van der Waals surface area (Å²) in [5, 5.41) is 3.02. The van der Waals surface area contributed by atoms with E-state index in [-0.39, 0.29) is 13.0 Å². The van der Waals surface area contributed by atoms with Crippen molar-refractivity contribution in [1.29, 1.82) is 0 Å². The normalized spacial score (nSPS) is 11.5. The van der Waals surface area contributed by atoms with Crippen molar-refractivity contribution in [3.05, 3.63) is 34.9 Å². The minimum absolute atomic E-state index is 0.233. The molecule has 1 atom stereocenters. The SMILES string of the molecule is CCOC(=O)N[C@H](Cc1cccc(Cl)c1)C(=O)OC. The lowest BCUT2D eigenvalue weighted by Gasteiger charge is -2.16. The molecule has 0 bridgehead atoms. The molecule has 19 heavy (non-hydrogen) atoms. The molecule has 104 valence electrons. The average Bonchev–Trinajstić information content (AvgIpc) is 2.37. The Morgan fingerprint density at radius 3 is 2.74 bits per heavy atom. The van der Waals surface area contributed by atoms with Crippen molar-refractivity contribution in [3.63, 3.8) is 0 Å². The molecule has 0 spiro atoms. The molecule has 0 aliphatic carbocycles. The molecule has 1 aromatic carbocycles. The Kier molecular flexibility index (Phi) is 6.15. The summed E-state index contributed by atoms with van der Waals surface area (Å²) in [6, 6.07) is 6.24. The number of carbonyl (C=O) groups is 2. The number of nitrogens with one attached hydrogen (secondary N) is 1. The van der Waals surface area contributed by atoms with Crippen LogP contribution in [0.3, 0.4) is 0 Å². The zero-order valence-corrected chi connectivity index (χ0v) is 11.6. The van der Waals surface area contributed by atoms with E-state index in [1.807, 2.05) is 6.07 Å². The van der Waals surface area contributed by atoms with Crippen LogP contribution in [0.2, 0.25) is 5.02 Å². The molecule has 0 aromatic heterocycles. The number of amides is 1. The van der Waals surface area contributed by atoms with Gasteiger partial charge in [-0.05, 0) is 24.6 Å². The first kappa shape index (κ1) is 15.3. The van der Waals surface area contributed by atoms with E-state index in [9.17, 15) is 9.59 Å². The molecule has 0 aliphatic rings. The maximum atomic E-state index is 11.6. The topological polar surface area (TPSA) is 64.6 Å². The lowest BCUT2D eigenvalue weighted by Crippen LogP contribution is -2.43. The number of alkyl carbamates (subject to hydrolysis) is 1. The highest BCUT2D eigenvalue weighted by molar-refractivity contribution is 6.30.